The minimum absolute atomic E-state index is 0.246. The first-order valence-corrected chi connectivity index (χ1v) is 10.8. The molecule has 0 bridgehead atoms. The van der Waals surface area contributed by atoms with Crippen LogP contribution in [-0.4, -0.2) is 48.7 Å². The van der Waals surface area contributed by atoms with Crippen LogP contribution in [0.5, 0.6) is 5.75 Å². The Hall–Kier alpha value is -3.05. The van der Waals surface area contributed by atoms with E-state index in [4.69, 9.17) is 4.74 Å². The van der Waals surface area contributed by atoms with Gasteiger partial charge in [0.2, 0.25) is 10.0 Å². The number of nitrogens with zero attached hydrogens (tertiary/aromatic N) is 3. The lowest BCUT2D eigenvalue weighted by Crippen LogP contribution is -2.27. The van der Waals surface area contributed by atoms with Crippen LogP contribution in [0.2, 0.25) is 0 Å². The predicted molar refractivity (Wildman–Crippen MR) is 106 cm³/mol. The van der Waals surface area contributed by atoms with Crippen molar-refractivity contribution in [3.8, 4) is 16.5 Å². The summed E-state index contributed by atoms with van der Waals surface area (Å²) in [5.41, 5.74) is 1.07. The van der Waals surface area contributed by atoms with Gasteiger partial charge in [-0.25, -0.2) is 13.4 Å². The SMILES string of the molecule is CS(=O)(=O)Nc1ccc(OCCNC(=O)c2cnc(-c3cnccn3)s2)cc1. The Labute approximate surface area is 165 Å². The van der Waals surface area contributed by atoms with Gasteiger partial charge in [-0.2, -0.15) is 0 Å². The van der Waals surface area contributed by atoms with Gasteiger partial charge in [0, 0.05) is 18.1 Å². The van der Waals surface area contributed by atoms with Crippen LogP contribution < -0.4 is 14.8 Å². The summed E-state index contributed by atoms with van der Waals surface area (Å²) in [5.74, 6) is 0.319. The van der Waals surface area contributed by atoms with E-state index >= 15 is 0 Å². The molecule has 0 saturated carbocycles. The first-order chi connectivity index (χ1) is 13.4. The van der Waals surface area contributed by atoms with Crippen molar-refractivity contribution >= 4 is 33.0 Å². The molecule has 3 rings (SSSR count). The van der Waals surface area contributed by atoms with Gasteiger partial charge in [-0.3, -0.25) is 19.5 Å². The number of amides is 1. The van der Waals surface area contributed by atoms with Crippen molar-refractivity contribution < 1.29 is 17.9 Å². The monoisotopic (exact) mass is 419 g/mol. The Morgan fingerprint density at radius 3 is 2.61 bits per heavy atom. The zero-order valence-electron chi connectivity index (χ0n) is 14.8. The Morgan fingerprint density at radius 1 is 1.14 bits per heavy atom. The van der Waals surface area contributed by atoms with E-state index < -0.39 is 10.0 Å². The largest absolute Gasteiger partial charge is 0.492 e. The molecule has 0 aliphatic carbocycles. The van der Waals surface area contributed by atoms with Gasteiger partial charge >= 0.3 is 0 Å². The fourth-order valence-electron chi connectivity index (χ4n) is 2.16. The molecule has 0 radical (unpaired) electrons. The molecule has 3 aromatic rings. The van der Waals surface area contributed by atoms with Gasteiger partial charge < -0.3 is 10.1 Å². The maximum absolute atomic E-state index is 12.2. The van der Waals surface area contributed by atoms with E-state index in [1.807, 2.05) is 0 Å². The van der Waals surface area contributed by atoms with Gasteiger partial charge in [0.15, 0.2) is 0 Å². The average Bonchev–Trinajstić information content (AvgIpc) is 3.16. The normalized spacial score (nSPS) is 11.0. The third-order valence-corrected chi connectivity index (χ3v) is 4.95. The molecule has 0 fully saturated rings. The average molecular weight is 419 g/mol. The number of benzene rings is 1. The van der Waals surface area contributed by atoms with Crippen LogP contribution in [0.1, 0.15) is 9.67 Å². The molecule has 0 unspecified atom stereocenters. The number of ether oxygens (including phenoxy) is 1. The standard InChI is InChI=1S/C17H17N5O4S2/c1-28(24,25)22-12-2-4-13(5-3-12)26-9-8-20-16(23)15-11-21-17(27-15)14-10-18-6-7-19-14/h2-7,10-11,22H,8-9H2,1H3,(H,20,23). The van der Waals surface area contributed by atoms with Gasteiger partial charge in [-0.15, -0.1) is 11.3 Å². The van der Waals surface area contributed by atoms with Gasteiger partial charge in [-0.05, 0) is 24.3 Å². The summed E-state index contributed by atoms with van der Waals surface area (Å²) in [5, 5.41) is 3.38. The molecule has 2 heterocycles. The van der Waals surface area contributed by atoms with E-state index in [-0.39, 0.29) is 12.5 Å². The molecular weight excluding hydrogens is 402 g/mol. The summed E-state index contributed by atoms with van der Waals surface area (Å²) >= 11 is 1.23. The summed E-state index contributed by atoms with van der Waals surface area (Å²) in [7, 11) is -3.31. The number of rotatable bonds is 8. The maximum Gasteiger partial charge on any atom is 0.263 e. The number of carbonyl (C=O) groups excluding carboxylic acids is 1. The molecule has 0 spiro atoms. The van der Waals surface area contributed by atoms with Crippen molar-refractivity contribution in [2.75, 3.05) is 24.1 Å². The molecule has 1 aromatic carbocycles. The third kappa shape index (κ3) is 5.72. The van der Waals surface area contributed by atoms with Crippen LogP contribution in [0.25, 0.3) is 10.7 Å². The number of thiazole rings is 1. The summed E-state index contributed by atoms with van der Waals surface area (Å²) in [6.45, 7) is 0.570. The molecule has 2 aromatic heterocycles. The van der Waals surface area contributed by atoms with Crippen molar-refractivity contribution in [1.82, 2.24) is 20.3 Å². The second kappa shape index (κ2) is 8.76. The highest BCUT2D eigenvalue weighted by molar-refractivity contribution is 7.92. The first kappa shape index (κ1) is 19.7. The number of anilines is 1. The van der Waals surface area contributed by atoms with E-state index in [9.17, 15) is 13.2 Å². The lowest BCUT2D eigenvalue weighted by Gasteiger charge is -2.08. The van der Waals surface area contributed by atoms with Gasteiger partial charge in [0.1, 0.15) is 27.9 Å². The van der Waals surface area contributed by atoms with E-state index in [1.54, 1.807) is 42.9 Å². The maximum atomic E-state index is 12.2. The quantitative estimate of drug-likeness (QED) is 0.534. The van der Waals surface area contributed by atoms with Crippen molar-refractivity contribution in [3.63, 3.8) is 0 Å². The lowest BCUT2D eigenvalue weighted by atomic mass is 10.3. The molecule has 0 saturated heterocycles. The van der Waals surface area contributed by atoms with Gasteiger partial charge in [0.25, 0.3) is 5.91 Å². The summed E-state index contributed by atoms with van der Waals surface area (Å²) in [4.78, 5) is 25.0. The van der Waals surface area contributed by atoms with Crippen LogP contribution in [0.4, 0.5) is 5.69 Å². The second-order valence-corrected chi connectivity index (χ2v) is 8.40. The molecule has 9 nitrogen and oxygen atoms in total. The predicted octanol–water partition coefficient (Wildman–Crippen LogP) is 1.78. The third-order valence-electron chi connectivity index (χ3n) is 3.33. The molecule has 0 atom stereocenters. The fourth-order valence-corrected chi connectivity index (χ4v) is 3.52. The topological polar surface area (TPSA) is 123 Å². The smallest absolute Gasteiger partial charge is 0.263 e. The van der Waals surface area contributed by atoms with Crippen molar-refractivity contribution in [1.29, 1.82) is 0 Å². The number of hydrogen-bond donors (Lipinski definition) is 2. The molecule has 11 heteroatoms. The van der Waals surface area contributed by atoms with E-state index in [0.29, 0.717) is 33.6 Å². The zero-order valence-corrected chi connectivity index (χ0v) is 16.5. The Morgan fingerprint density at radius 2 is 1.93 bits per heavy atom. The highest BCUT2D eigenvalue weighted by Crippen LogP contribution is 2.22. The van der Waals surface area contributed by atoms with E-state index in [1.165, 1.54) is 17.5 Å². The molecule has 2 N–H and O–H groups in total. The number of hydrogen-bond acceptors (Lipinski definition) is 8. The van der Waals surface area contributed by atoms with Gasteiger partial charge in [-0.1, -0.05) is 0 Å². The number of nitrogens with one attached hydrogen (secondary N) is 2. The zero-order chi connectivity index (χ0) is 20.0. The van der Waals surface area contributed by atoms with E-state index in [2.05, 4.69) is 25.0 Å². The minimum Gasteiger partial charge on any atom is -0.492 e. The summed E-state index contributed by atoms with van der Waals surface area (Å²) < 4.78 is 30.2. The van der Waals surface area contributed by atoms with Crippen molar-refractivity contribution in [3.05, 3.63) is 53.9 Å². The number of carbonyl (C=O) groups is 1. The highest BCUT2D eigenvalue weighted by atomic mass is 32.2. The van der Waals surface area contributed by atoms with E-state index in [0.717, 1.165) is 6.26 Å². The summed E-state index contributed by atoms with van der Waals surface area (Å²) in [6.07, 6.45) is 7.31. The fraction of sp³-hybridized carbons (Fsp3) is 0.176. The van der Waals surface area contributed by atoms with Crippen LogP contribution >= 0.6 is 11.3 Å². The van der Waals surface area contributed by atoms with Crippen LogP contribution in [-0.2, 0) is 10.0 Å². The van der Waals surface area contributed by atoms with Crippen LogP contribution in [0.15, 0.2) is 49.1 Å². The summed E-state index contributed by atoms with van der Waals surface area (Å²) in [6, 6.07) is 6.48. The van der Waals surface area contributed by atoms with Crippen molar-refractivity contribution in [2.45, 2.75) is 0 Å². The molecule has 1 amide bonds. The molecule has 0 aliphatic heterocycles. The molecule has 146 valence electrons. The van der Waals surface area contributed by atoms with Gasteiger partial charge in [0.05, 0.1) is 25.2 Å². The van der Waals surface area contributed by atoms with Crippen LogP contribution in [0, 0.1) is 0 Å². The Balaban J connectivity index is 1.45. The molecule has 0 aliphatic rings. The first-order valence-electron chi connectivity index (χ1n) is 8.12. The number of aromatic nitrogens is 3. The minimum atomic E-state index is -3.31. The molecule has 28 heavy (non-hydrogen) atoms. The Kier molecular flexibility index (Phi) is 6.16. The van der Waals surface area contributed by atoms with Crippen molar-refractivity contribution in [2.24, 2.45) is 0 Å². The lowest BCUT2D eigenvalue weighted by molar-refractivity contribution is 0.0951. The molecular formula is C17H17N5O4S2. The highest BCUT2D eigenvalue weighted by Gasteiger charge is 2.12. The number of sulfonamides is 1. The van der Waals surface area contributed by atoms with Crippen LogP contribution in [0.3, 0.4) is 0 Å². The Bertz CT molecular complexity index is 1040. The second-order valence-electron chi connectivity index (χ2n) is 5.62.